The van der Waals surface area contributed by atoms with Gasteiger partial charge in [0.25, 0.3) is 5.96 Å². The van der Waals surface area contributed by atoms with Gasteiger partial charge in [0.1, 0.15) is 11.8 Å². The molecular weight excluding hydrogens is 435 g/mol. The Hall–Kier alpha value is -2.74. The van der Waals surface area contributed by atoms with Crippen LogP contribution in [-0.2, 0) is 14.4 Å². The lowest BCUT2D eigenvalue weighted by Crippen LogP contribution is -2.54. The molecule has 33 heavy (non-hydrogen) atoms. The number of nitrogens with one attached hydrogen (secondary N) is 5. The summed E-state index contributed by atoms with van der Waals surface area (Å²) < 4.78 is 0. The molecule has 0 aromatic rings. The van der Waals surface area contributed by atoms with Crippen LogP contribution in [0.4, 0.5) is 0 Å². The first-order chi connectivity index (χ1) is 15.4. The summed E-state index contributed by atoms with van der Waals surface area (Å²) in [6, 6.07) is -0.956. The molecule has 0 aliphatic rings. The first kappa shape index (κ1) is 30.3. The second-order valence-corrected chi connectivity index (χ2v) is 8.35. The molecule has 188 valence electrons. The number of hydrazine groups is 1. The summed E-state index contributed by atoms with van der Waals surface area (Å²) in [5, 5.41) is 43.6. The van der Waals surface area contributed by atoms with Crippen LogP contribution >= 0.6 is 0 Å². The molecule has 0 unspecified atom stereocenters. The molecule has 0 heterocycles. The van der Waals surface area contributed by atoms with Crippen LogP contribution in [0, 0.1) is 21.4 Å². The fourth-order valence-electron chi connectivity index (χ4n) is 3.07. The van der Waals surface area contributed by atoms with E-state index in [1.54, 1.807) is 5.43 Å². The van der Waals surface area contributed by atoms with E-state index in [-0.39, 0.29) is 37.0 Å². The van der Waals surface area contributed by atoms with E-state index in [1.165, 1.54) is 6.92 Å². The zero-order valence-electron chi connectivity index (χ0n) is 19.6. The molecule has 2 amide bonds. The van der Waals surface area contributed by atoms with Gasteiger partial charge in [-0.1, -0.05) is 25.7 Å². The monoisotopic (exact) mass is 472 g/mol. The molecule has 0 spiro atoms. The van der Waals surface area contributed by atoms with Gasteiger partial charge in [0, 0.05) is 19.4 Å². The zero-order chi connectivity index (χ0) is 25.4. The topological polar surface area (TPSA) is 207 Å². The lowest BCUT2D eigenvalue weighted by Gasteiger charge is -2.24. The van der Waals surface area contributed by atoms with Crippen molar-refractivity contribution < 1.29 is 29.5 Å². The molecule has 0 aromatic heterocycles. The van der Waals surface area contributed by atoms with Crippen molar-refractivity contribution in [1.82, 2.24) is 21.4 Å². The van der Waals surface area contributed by atoms with E-state index in [4.69, 9.17) is 5.41 Å². The fourth-order valence-corrected chi connectivity index (χ4v) is 3.07. The van der Waals surface area contributed by atoms with E-state index in [9.17, 15) is 34.5 Å². The Morgan fingerprint density at radius 2 is 1.70 bits per heavy atom. The van der Waals surface area contributed by atoms with Gasteiger partial charge in [-0.3, -0.25) is 15.0 Å². The van der Waals surface area contributed by atoms with Crippen molar-refractivity contribution in [3.63, 3.8) is 0 Å². The molecule has 0 rings (SSSR count). The molecule has 2 atom stereocenters. The Balaban J connectivity index is 4.86. The maximum atomic E-state index is 12.8. The first-order valence-electron chi connectivity index (χ1n) is 11.1. The number of rotatable bonds is 17. The summed E-state index contributed by atoms with van der Waals surface area (Å²) in [6.07, 6.45) is 3.37. The van der Waals surface area contributed by atoms with Crippen molar-refractivity contribution >= 4 is 30.7 Å². The van der Waals surface area contributed by atoms with Crippen LogP contribution in [0.5, 0.6) is 0 Å². The molecule has 0 bridgehead atoms. The molecule has 14 heteroatoms. The van der Waals surface area contributed by atoms with Crippen molar-refractivity contribution in [1.29, 1.82) is 5.41 Å². The van der Waals surface area contributed by atoms with Crippen LogP contribution in [0.1, 0.15) is 72.1 Å². The minimum Gasteiger partial charge on any atom is -0.426 e. The summed E-state index contributed by atoms with van der Waals surface area (Å²) >= 11 is 0. The number of carbonyl (C=O) groups excluding carboxylic acids is 3. The van der Waals surface area contributed by atoms with Crippen LogP contribution in [-0.4, -0.2) is 64.3 Å². The minimum atomic E-state index is -1.76. The van der Waals surface area contributed by atoms with Gasteiger partial charge in [0.05, 0.1) is 5.94 Å². The van der Waals surface area contributed by atoms with Gasteiger partial charge in [-0.25, -0.2) is 10.1 Å². The number of nitrogens with zero attached hydrogens (tertiary/aromatic N) is 1. The van der Waals surface area contributed by atoms with Crippen molar-refractivity contribution in [3.05, 3.63) is 10.1 Å². The predicted molar refractivity (Wildman–Crippen MR) is 122 cm³/mol. The van der Waals surface area contributed by atoms with Gasteiger partial charge >= 0.3 is 7.12 Å². The maximum Gasteiger partial charge on any atom is 0.475 e. The molecule has 0 saturated heterocycles. The summed E-state index contributed by atoms with van der Waals surface area (Å²) in [4.78, 5) is 46.4. The number of hydrogen-bond acceptors (Lipinski definition) is 8. The number of carbonyl (C=O) groups is 3. The molecule has 0 saturated carbocycles. The first-order valence-corrected chi connectivity index (χ1v) is 11.1. The summed E-state index contributed by atoms with van der Waals surface area (Å²) in [5.74, 6) is -2.15. The van der Waals surface area contributed by atoms with Crippen molar-refractivity contribution in [3.8, 4) is 0 Å². The molecule has 0 aliphatic carbocycles. The minimum absolute atomic E-state index is 0.0875. The van der Waals surface area contributed by atoms with E-state index in [0.717, 1.165) is 0 Å². The molecular formula is C19H37BN6O7. The van der Waals surface area contributed by atoms with Gasteiger partial charge in [-0.15, -0.1) is 0 Å². The lowest BCUT2D eigenvalue weighted by atomic mass is 9.75. The van der Waals surface area contributed by atoms with E-state index in [0.29, 0.717) is 38.5 Å². The number of guanidine groups is 1. The number of Topliss-reactive ketones (excluding diaryl/α,β-unsaturated/α-hetero) is 1. The Morgan fingerprint density at radius 1 is 1.06 bits per heavy atom. The van der Waals surface area contributed by atoms with E-state index in [1.807, 2.05) is 13.8 Å². The molecule has 13 nitrogen and oxygen atoms in total. The Labute approximate surface area is 194 Å². The standard InChI is InChI=1S/C19H37BN6O7/c1-13(2)12-16(20(30)31)24-18(29)15(9-7-11-22-19(21)25-26(32)33)23-17(28)10-6-4-5-8-14(3)27/h13,15-16,30-31H,4-12H2,1-3H3,(H,23,28)(H,24,29)(H3,21,22,25)/t15-,16-/m0/s1. The number of ketones is 1. The Kier molecular flexibility index (Phi) is 15.4. The van der Waals surface area contributed by atoms with Gasteiger partial charge in [-0.2, -0.15) is 0 Å². The summed E-state index contributed by atoms with van der Waals surface area (Å²) in [6.45, 7) is 5.39. The Morgan fingerprint density at radius 3 is 2.24 bits per heavy atom. The van der Waals surface area contributed by atoms with Gasteiger partial charge in [0.15, 0.2) is 5.03 Å². The van der Waals surface area contributed by atoms with Crippen LogP contribution in [0.15, 0.2) is 0 Å². The van der Waals surface area contributed by atoms with E-state index >= 15 is 0 Å². The highest BCUT2D eigenvalue weighted by Gasteiger charge is 2.29. The third-order valence-corrected chi connectivity index (χ3v) is 4.67. The second-order valence-electron chi connectivity index (χ2n) is 8.35. The average molecular weight is 472 g/mol. The molecule has 7 N–H and O–H groups in total. The van der Waals surface area contributed by atoms with Crippen LogP contribution in [0.2, 0.25) is 0 Å². The normalized spacial score (nSPS) is 12.4. The summed E-state index contributed by atoms with van der Waals surface area (Å²) in [5.41, 5.74) is 1.65. The van der Waals surface area contributed by atoms with Crippen molar-refractivity contribution in [2.45, 2.75) is 84.1 Å². The van der Waals surface area contributed by atoms with Gasteiger partial charge in [0.2, 0.25) is 11.8 Å². The van der Waals surface area contributed by atoms with Crippen LogP contribution in [0.3, 0.4) is 0 Å². The maximum absolute atomic E-state index is 12.8. The van der Waals surface area contributed by atoms with E-state index < -0.39 is 36.0 Å². The zero-order valence-corrected chi connectivity index (χ0v) is 19.6. The SMILES string of the molecule is CC(=O)CCCCCC(=O)N[C@@H](CCCNC(=N)N[N+](=O)[O-])C(=O)N[C@@H](CC(C)C)B(O)O. The predicted octanol–water partition coefficient (Wildman–Crippen LogP) is -0.361. The third kappa shape index (κ3) is 16.5. The van der Waals surface area contributed by atoms with Crippen molar-refractivity contribution in [2.75, 3.05) is 6.54 Å². The van der Waals surface area contributed by atoms with Crippen LogP contribution < -0.4 is 21.4 Å². The fraction of sp³-hybridized carbons (Fsp3) is 0.789. The highest BCUT2D eigenvalue weighted by atomic mass is 16.7. The van der Waals surface area contributed by atoms with Gasteiger partial charge in [-0.05, 0) is 44.9 Å². The second kappa shape index (κ2) is 16.8. The Bertz CT molecular complexity index is 663. The number of hydrogen-bond donors (Lipinski definition) is 7. The largest absolute Gasteiger partial charge is 0.475 e. The van der Waals surface area contributed by atoms with Crippen LogP contribution in [0.25, 0.3) is 0 Å². The highest BCUT2D eigenvalue weighted by Crippen LogP contribution is 2.08. The average Bonchev–Trinajstić information content (AvgIpc) is 2.68. The lowest BCUT2D eigenvalue weighted by molar-refractivity contribution is -0.525. The van der Waals surface area contributed by atoms with Crippen molar-refractivity contribution in [2.24, 2.45) is 5.92 Å². The molecule has 0 fully saturated rings. The third-order valence-electron chi connectivity index (χ3n) is 4.67. The summed E-state index contributed by atoms with van der Waals surface area (Å²) in [7, 11) is -1.76. The smallest absolute Gasteiger partial charge is 0.426 e. The van der Waals surface area contributed by atoms with E-state index in [2.05, 4.69) is 16.0 Å². The molecule has 0 aliphatic heterocycles. The number of nitro groups is 1. The molecule has 0 aromatic carbocycles. The molecule has 0 radical (unpaired) electrons. The number of amides is 2. The van der Waals surface area contributed by atoms with Gasteiger partial charge < -0.3 is 30.8 Å². The quantitative estimate of drug-likeness (QED) is 0.0368. The highest BCUT2D eigenvalue weighted by molar-refractivity contribution is 6.43. The number of unbranched alkanes of at least 4 members (excludes halogenated alkanes) is 2.